The Morgan fingerprint density at radius 2 is 1.67 bits per heavy atom. The van der Waals surface area contributed by atoms with Crippen LogP contribution in [0.3, 0.4) is 0 Å². The van der Waals surface area contributed by atoms with E-state index < -0.39 is 17.5 Å². The van der Waals surface area contributed by atoms with Gasteiger partial charge in [-0.2, -0.15) is 0 Å². The predicted octanol–water partition coefficient (Wildman–Crippen LogP) is 4.50. The highest BCUT2D eigenvalue weighted by molar-refractivity contribution is 5.48. The lowest BCUT2D eigenvalue weighted by Gasteiger charge is -2.15. The number of para-hydroxylation sites is 1. The molecule has 0 aliphatic rings. The topological polar surface area (TPSA) is 21.3 Å². The second-order valence-corrected chi connectivity index (χ2v) is 4.87. The molecule has 0 aromatic heterocycles. The van der Waals surface area contributed by atoms with Gasteiger partial charge < -0.3 is 10.1 Å². The summed E-state index contributed by atoms with van der Waals surface area (Å²) < 4.78 is 45.6. The number of halogens is 3. The Morgan fingerprint density at radius 1 is 1.05 bits per heavy atom. The fourth-order valence-corrected chi connectivity index (χ4v) is 1.91. The van der Waals surface area contributed by atoms with Crippen LogP contribution in [0.2, 0.25) is 0 Å². The Kier molecular flexibility index (Phi) is 4.73. The van der Waals surface area contributed by atoms with E-state index in [1.54, 1.807) is 12.1 Å². The van der Waals surface area contributed by atoms with Crippen LogP contribution in [0.1, 0.15) is 19.4 Å². The third kappa shape index (κ3) is 3.90. The second kappa shape index (κ2) is 6.52. The van der Waals surface area contributed by atoms with E-state index in [0.29, 0.717) is 17.9 Å². The highest BCUT2D eigenvalue weighted by Crippen LogP contribution is 2.24. The quantitative estimate of drug-likeness (QED) is 0.876. The van der Waals surface area contributed by atoms with Crippen LogP contribution >= 0.6 is 0 Å². The van der Waals surface area contributed by atoms with E-state index in [-0.39, 0.29) is 18.3 Å². The SMILES string of the molecule is CC(C)Oc1ccccc1CNc1c(F)cc(F)cc1F. The minimum Gasteiger partial charge on any atom is -0.491 e. The van der Waals surface area contributed by atoms with E-state index in [2.05, 4.69) is 5.32 Å². The lowest BCUT2D eigenvalue weighted by molar-refractivity contribution is 0.240. The van der Waals surface area contributed by atoms with Crippen molar-refractivity contribution in [1.29, 1.82) is 0 Å². The smallest absolute Gasteiger partial charge is 0.152 e. The summed E-state index contributed by atoms with van der Waals surface area (Å²) in [6.07, 6.45) is -0.00885. The fourth-order valence-electron chi connectivity index (χ4n) is 1.91. The van der Waals surface area contributed by atoms with Gasteiger partial charge in [0.05, 0.1) is 6.10 Å². The average molecular weight is 295 g/mol. The van der Waals surface area contributed by atoms with Gasteiger partial charge in [-0.05, 0) is 19.9 Å². The van der Waals surface area contributed by atoms with Crippen LogP contribution in [0.5, 0.6) is 5.75 Å². The molecule has 2 nitrogen and oxygen atoms in total. The van der Waals surface area contributed by atoms with Gasteiger partial charge in [0, 0.05) is 24.2 Å². The number of ether oxygens (including phenoxy) is 1. The molecule has 0 fully saturated rings. The molecule has 0 atom stereocenters. The van der Waals surface area contributed by atoms with Crippen molar-refractivity contribution in [3.8, 4) is 5.75 Å². The summed E-state index contributed by atoms with van der Waals surface area (Å²) in [7, 11) is 0. The summed E-state index contributed by atoms with van der Waals surface area (Å²) in [5.41, 5.74) is 0.407. The first kappa shape index (κ1) is 15.2. The van der Waals surface area contributed by atoms with E-state index in [0.717, 1.165) is 5.56 Å². The molecule has 1 N–H and O–H groups in total. The van der Waals surface area contributed by atoms with Crippen LogP contribution < -0.4 is 10.1 Å². The maximum Gasteiger partial charge on any atom is 0.152 e. The minimum atomic E-state index is -0.963. The lowest BCUT2D eigenvalue weighted by Crippen LogP contribution is -2.10. The third-order valence-electron chi connectivity index (χ3n) is 2.80. The van der Waals surface area contributed by atoms with Gasteiger partial charge in [0.1, 0.15) is 17.3 Å². The van der Waals surface area contributed by atoms with Crippen molar-refractivity contribution in [2.24, 2.45) is 0 Å². The maximum atomic E-state index is 13.6. The standard InChI is InChI=1S/C16H16F3NO/c1-10(2)21-15-6-4-3-5-11(15)9-20-16-13(18)7-12(17)8-14(16)19/h3-8,10,20H,9H2,1-2H3. The van der Waals surface area contributed by atoms with Gasteiger partial charge in [0.25, 0.3) is 0 Å². The van der Waals surface area contributed by atoms with Crippen molar-refractivity contribution in [2.45, 2.75) is 26.5 Å². The maximum absolute atomic E-state index is 13.6. The lowest BCUT2D eigenvalue weighted by atomic mass is 10.2. The Morgan fingerprint density at radius 3 is 2.29 bits per heavy atom. The zero-order valence-electron chi connectivity index (χ0n) is 11.8. The first-order chi connectivity index (χ1) is 9.97. The normalized spacial score (nSPS) is 10.8. The van der Waals surface area contributed by atoms with Crippen LogP contribution in [0.15, 0.2) is 36.4 Å². The zero-order valence-corrected chi connectivity index (χ0v) is 11.8. The Bertz CT molecular complexity index is 606. The van der Waals surface area contributed by atoms with E-state index in [1.807, 2.05) is 26.0 Å². The molecule has 2 rings (SSSR count). The number of hydrogen-bond acceptors (Lipinski definition) is 2. The van der Waals surface area contributed by atoms with Crippen LogP contribution in [0, 0.1) is 17.5 Å². The minimum absolute atomic E-state index is 0.00885. The molecular formula is C16H16F3NO. The van der Waals surface area contributed by atoms with E-state index in [9.17, 15) is 13.2 Å². The monoisotopic (exact) mass is 295 g/mol. The molecule has 2 aromatic carbocycles. The van der Waals surface area contributed by atoms with Crippen molar-refractivity contribution in [3.63, 3.8) is 0 Å². The summed E-state index contributed by atoms with van der Waals surface area (Å²) in [5.74, 6) is -2.23. The molecule has 0 amide bonds. The predicted molar refractivity (Wildman–Crippen MR) is 75.8 cm³/mol. The average Bonchev–Trinajstić information content (AvgIpc) is 2.38. The van der Waals surface area contributed by atoms with Gasteiger partial charge in [0.2, 0.25) is 0 Å². The molecule has 5 heteroatoms. The number of hydrogen-bond donors (Lipinski definition) is 1. The largest absolute Gasteiger partial charge is 0.491 e. The van der Waals surface area contributed by atoms with Crippen molar-refractivity contribution in [2.75, 3.05) is 5.32 Å². The Hall–Kier alpha value is -2.17. The van der Waals surface area contributed by atoms with Crippen molar-refractivity contribution < 1.29 is 17.9 Å². The molecule has 0 aliphatic carbocycles. The number of rotatable bonds is 5. The molecule has 0 aliphatic heterocycles. The summed E-state index contributed by atoms with van der Waals surface area (Å²) in [4.78, 5) is 0. The first-order valence-electron chi connectivity index (χ1n) is 6.60. The molecule has 0 heterocycles. The van der Waals surface area contributed by atoms with Crippen LogP contribution in [0.4, 0.5) is 18.9 Å². The molecule has 21 heavy (non-hydrogen) atoms. The molecule has 0 saturated heterocycles. The summed E-state index contributed by atoms with van der Waals surface area (Å²) in [6, 6.07) is 8.49. The third-order valence-corrected chi connectivity index (χ3v) is 2.80. The van der Waals surface area contributed by atoms with Crippen LogP contribution in [-0.4, -0.2) is 6.10 Å². The van der Waals surface area contributed by atoms with Gasteiger partial charge >= 0.3 is 0 Å². The van der Waals surface area contributed by atoms with Gasteiger partial charge in [-0.1, -0.05) is 18.2 Å². The molecule has 2 aromatic rings. The van der Waals surface area contributed by atoms with Crippen molar-refractivity contribution in [1.82, 2.24) is 0 Å². The van der Waals surface area contributed by atoms with Crippen molar-refractivity contribution >= 4 is 5.69 Å². The molecule has 112 valence electrons. The van der Waals surface area contributed by atoms with Crippen LogP contribution in [0.25, 0.3) is 0 Å². The van der Waals surface area contributed by atoms with E-state index >= 15 is 0 Å². The molecule has 0 unspecified atom stereocenters. The Labute approximate surface area is 121 Å². The molecule has 0 saturated carbocycles. The first-order valence-corrected chi connectivity index (χ1v) is 6.60. The molecular weight excluding hydrogens is 279 g/mol. The Balaban J connectivity index is 2.17. The van der Waals surface area contributed by atoms with E-state index in [1.165, 1.54) is 0 Å². The van der Waals surface area contributed by atoms with Gasteiger partial charge in [0.15, 0.2) is 11.6 Å². The van der Waals surface area contributed by atoms with Crippen LogP contribution in [-0.2, 0) is 6.54 Å². The number of nitrogens with one attached hydrogen (secondary N) is 1. The number of anilines is 1. The number of benzene rings is 2. The zero-order chi connectivity index (χ0) is 15.4. The van der Waals surface area contributed by atoms with E-state index in [4.69, 9.17) is 4.74 Å². The highest BCUT2D eigenvalue weighted by Gasteiger charge is 2.12. The molecule has 0 radical (unpaired) electrons. The van der Waals surface area contributed by atoms with Crippen molar-refractivity contribution in [3.05, 3.63) is 59.4 Å². The summed E-state index contributed by atoms with van der Waals surface area (Å²) >= 11 is 0. The second-order valence-electron chi connectivity index (χ2n) is 4.87. The highest BCUT2D eigenvalue weighted by atomic mass is 19.1. The summed E-state index contributed by atoms with van der Waals surface area (Å²) in [5, 5.41) is 2.64. The van der Waals surface area contributed by atoms with Gasteiger partial charge in [-0.3, -0.25) is 0 Å². The fraction of sp³-hybridized carbons (Fsp3) is 0.250. The van der Waals surface area contributed by atoms with Gasteiger partial charge in [-0.15, -0.1) is 0 Å². The van der Waals surface area contributed by atoms with Gasteiger partial charge in [-0.25, -0.2) is 13.2 Å². The molecule has 0 bridgehead atoms. The summed E-state index contributed by atoms with van der Waals surface area (Å²) in [6.45, 7) is 3.95. The molecule has 0 spiro atoms.